The predicted molar refractivity (Wildman–Crippen MR) is 88.3 cm³/mol. The van der Waals surface area contributed by atoms with Crippen molar-refractivity contribution in [3.05, 3.63) is 23.3 Å². The first-order chi connectivity index (χ1) is 10.0. The second-order valence-electron chi connectivity index (χ2n) is 7.29. The number of ether oxygens (including phenoxy) is 1. The Morgan fingerprint density at radius 1 is 1.19 bits per heavy atom. The summed E-state index contributed by atoms with van der Waals surface area (Å²) in [5.74, 6) is 0. The fourth-order valence-corrected chi connectivity index (χ4v) is 3.62. The molecular formula is C19H32O2. The highest BCUT2D eigenvalue weighted by molar-refractivity contribution is 5.06. The van der Waals surface area contributed by atoms with E-state index in [2.05, 4.69) is 32.9 Å². The summed E-state index contributed by atoms with van der Waals surface area (Å²) in [7, 11) is 0. The molecule has 0 amide bonds. The maximum atomic E-state index is 9.40. The van der Waals surface area contributed by atoms with Crippen LogP contribution in [0.25, 0.3) is 0 Å². The smallest absolute Gasteiger partial charge is 0.0896 e. The number of fused-ring (bicyclic) bond motifs is 1. The van der Waals surface area contributed by atoms with Gasteiger partial charge in [0.2, 0.25) is 0 Å². The zero-order valence-electron chi connectivity index (χ0n) is 14.0. The van der Waals surface area contributed by atoms with E-state index in [1.54, 1.807) is 0 Å². The molecule has 2 nitrogen and oxygen atoms in total. The number of rotatable bonds is 2. The molecule has 1 aliphatic heterocycles. The molecule has 1 heterocycles. The molecule has 2 heteroatoms. The highest BCUT2D eigenvalue weighted by Gasteiger charge is 2.50. The highest BCUT2D eigenvalue weighted by atomic mass is 16.6. The van der Waals surface area contributed by atoms with E-state index in [9.17, 15) is 5.11 Å². The molecule has 1 fully saturated rings. The van der Waals surface area contributed by atoms with Crippen molar-refractivity contribution in [1.82, 2.24) is 0 Å². The summed E-state index contributed by atoms with van der Waals surface area (Å²) < 4.78 is 5.97. The molecule has 0 aromatic carbocycles. The Morgan fingerprint density at radius 3 is 2.67 bits per heavy atom. The van der Waals surface area contributed by atoms with Crippen molar-refractivity contribution in [2.75, 3.05) is 6.61 Å². The first kappa shape index (κ1) is 16.8. The van der Waals surface area contributed by atoms with Crippen LogP contribution in [0, 0.1) is 5.41 Å². The monoisotopic (exact) mass is 292 g/mol. The fourth-order valence-electron chi connectivity index (χ4n) is 3.62. The standard InChI is InChI=1S/C19H32O2/c1-15-7-4-8-16(2)10-6-12-19(3,13-14-20)18-17(21-18)11-5-9-15/h7,10,17-18,20H,4-6,8-9,11-14H2,1-3H3/b15-7-,16-10+. The molecule has 3 atom stereocenters. The first-order valence-electron chi connectivity index (χ1n) is 8.63. The van der Waals surface area contributed by atoms with Crippen molar-refractivity contribution >= 4 is 0 Å². The van der Waals surface area contributed by atoms with E-state index in [-0.39, 0.29) is 12.0 Å². The number of aliphatic hydroxyl groups is 1. The SMILES string of the molecule is C/C1=C/CC/C(C)=C/CCC(C)(CCO)C2OC2CCC1. The number of hydrogen-bond donors (Lipinski definition) is 1. The molecule has 0 radical (unpaired) electrons. The van der Waals surface area contributed by atoms with Crippen LogP contribution in [0.4, 0.5) is 0 Å². The van der Waals surface area contributed by atoms with Crippen LogP contribution in [0.5, 0.6) is 0 Å². The van der Waals surface area contributed by atoms with Crippen molar-refractivity contribution in [3.8, 4) is 0 Å². The van der Waals surface area contributed by atoms with Gasteiger partial charge in [-0.25, -0.2) is 0 Å². The van der Waals surface area contributed by atoms with Gasteiger partial charge in [0.15, 0.2) is 0 Å². The Labute approximate surface area is 130 Å². The number of epoxide rings is 1. The van der Waals surface area contributed by atoms with Gasteiger partial charge in [-0.05, 0) is 70.6 Å². The van der Waals surface area contributed by atoms with E-state index in [4.69, 9.17) is 4.74 Å². The quantitative estimate of drug-likeness (QED) is 0.587. The van der Waals surface area contributed by atoms with Crippen molar-refractivity contribution in [1.29, 1.82) is 0 Å². The van der Waals surface area contributed by atoms with E-state index >= 15 is 0 Å². The van der Waals surface area contributed by atoms with Crippen LogP contribution in [-0.2, 0) is 4.74 Å². The largest absolute Gasteiger partial charge is 0.396 e. The van der Waals surface area contributed by atoms with E-state index in [0.29, 0.717) is 12.2 Å². The first-order valence-corrected chi connectivity index (χ1v) is 8.63. The fraction of sp³-hybridized carbons (Fsp3) is 0.789. The summed E-state index contributed by atoms with van der Waals surface area (Å²) in [6.07, 6.45) is 14.6. The van der Waals surface area contributed by atoms with E-state index in [1.807, 2.05) is 0 Å². The Kier molecular flexibility index (Phi) is 6.07. The zero-order valence-corrected chi connectivity index (χ0v) is 14.0. The Morgan fingerprint density at radius 2 is 1.90 bits per heavy atom. The van der Waals surface area contributed by atoms with Gasteiger partial charge in [-0.1, -0.05) is 30.2 Å². The van der Waals surface area contributed by atoms with Crippen LogP contribution in [-0.4, -0.2) is 23.9 Å². The van der Waals surface area contributed by atoms with Gasteiger partial charge in [0.1, 0.15) is 0 Å². The van der Waals surface area contributed by atoms with E-state index in [1.165, 1.54) is 43.3 Å². The lowest BCUT2D eigenvalue weighted by Crippen LogP contribution is -2.26. The predicted octanol–water partition coefficient (Wildman–Crippen LogP) is 4.78. The van der Waals surface area contributed by atoms with Gasteiger partial charge in [-0.2, -0.15) is 0 Å². The maximum Gasteiger partial charge on any atom is 0.0896 e. The minimum atomic E-state index is 0.144. The Balaban J connectivity index is 2.02. The molecule has 0 aromatic rings. The Hall–Kier alpha value is -0.600. The highest BCUT2D eigenvalue weighted by Crippen LogP contribution is 2.46. The van der Waals surface area contributed by atoms with Crippen molar-refractivity contribution in [2.24, 2.45) is 5.41 Å². The average Bonchev–Trinajstić information content (AvgIpc) is 3.18. The van der Waals surface area contributed by atoms with Crippen LogP contribution in [0.2, 0.25) is 0 Å². The third-order valence-corrected chi connectivity index (χ3v) is 5.25. The van der Waals surface area contributed by atoms with Crippen LogP contribution in [0.1, 0.15) is 72.1 Å². The molecule has 1 aliphatic carbocycles. The van der Waals surface area contributed by atoms with Gasteiger partial charge in [-0.3, -0.25) is 0 Å². The van der Waals surface area contributed by atoms with Crippen LogP contribution in [0.3, 0.4) is 0 Å². The lowest BCUT2D eigenvalue weighted by atomic mass is 9.77. The normalized spacial score (nSPS) is 40.2. The second kappa shape index (κ2) is 7.60. The summed E-state index contributed by atoms with van der Waals surface area (Å²) in [6.45, 7) is 7.07. The third kappa shape index (κ3) is 4.96. The number of aliphatic hydroxyl groups excluding tert-OH is 1. The molecule has 0 spiro atoms. The maximum absolute atomic E-state index is 9.40. The van der Waals surface area contributed by atoms with Crippen LogP contribution < -0.4 is 0 Å². The molecular weight excluding hydrogens is 260 g/mol. The van der Waals surface area contributed by atoms with Crippen molar-refractivity contribution < 1.29 is 9.84 Å². The average molecular weight is 292 g/mol. The van der Waals surface area contributed by atoms with Crippen molar-refractivity contribution in [3.63, 3.8) is 0 Å². The molecule has 2 aliphatic rings. The molecule has 21 heavy (non-hydrogen) atoms. The van der Waals surface area contributed by atoms with Gasteiger partial charge >= 0.3 is 0 Å². The lowest BCUT2D eigenvalue weighted by molar-refractivity contribution is 0.144. The molecule has 1 saturated heterocycles. The van der Waals surface area contributed by atoms with Crippen molar-refractivity contribution in [2.45, 2.75) is 84.3 Å². The topological polar surface area (TPSA) is 32.8 Å². The number of allylic oxidation sites excluding steroid dienone is 4. The third-order valence-electron chi connectivity index (χ3n) is 5.25. The minimum absolute atomic E-state index is 0.144. The number of hydrogen-bond acceptors (Lipinski definition) is 2. The summed E-state index contributed by atoms with van der Waals surface area (Å²) in [5, 5.41) is 9.40. The molecule has 120 valence electrons. The van der Waals surface area contributed by atoms with Gasteiger partial charge in [0, 0.05) is 6.61 Å². The molecule has 2 rings (SSSR count). The second-order valence-corrected chi connectivity index (χ2v) is 7.29. The Bertz CT molecular complexity index is 396. The van der Waals surface area contributed by atoms with Gasteiger partial charge in [0.05, 0.1) is 12.2 Å². The lowest BCUT2D eigenvalue weighted by Gasteiger charge is -2.27. The zero-order chi connectivity index (χ0) is 15.3. The summed E-state index contributed by atoms with van der Waals surface area (Å²) in [4.78, 5) is 0. The summed E-state index contributed by atoms with van der Waals surface area (Å²) in [5.41, 5.74) is 3.16. The molecule has 3 unspecified atom stereocenters. The van der Waals surface area contributed by atoms with Gasteiger partial charge in [-0.15, -0.1) is 0 Å². The summed E-state index contributed by atoms with van der Waals surface area (Å²) in [6, 6.07) is 0. The van der Waals surface area contributed by atoms with E-state index in [0.717, 1.165) is 19.3 Å². The van der Waals surface area contributed by atoms with Crippen LogP contribution >= 0.6 is 0 Å². The van der Waals surface area contributed by atoms with Crippen LogP contribution in [0.15, 0.2) is 23.3 Å². The molecule has 0 aromatic heterocycles. The van der Waals surface area contributed by atoms with Gasteiger partial charge < -0.3 is 9.84 Å². The van der Waals surface area contributed by atoms with Gasteiger partial charge in [0.25, 0.3) is 0 Å². The molecule has 1 N–H and O–H groups in total. The summed E-state index contributed by atoms with van der Waals surface area (Å²) >= 11 is 0. The molecule has 0 saturated carbocycles. The van der Waals surface area contributed by atoms with E-state index < -0.39 is 0 Å². The minimum Gasteiger partial charge on any atom is -0.396 e. The molecule has 0 bridgehead atoms.